The van der Waals surface area contributed by atoms with E-state index in [-0.39, 0.29) is 12.3 Å². The molecule has 4 nitrogen and oxygen atoms in total. The van der Waals surface area contributed by atoms with Crippen LogP contribution in [0.5, 0.6) is 0 Å². The summed E-state index contributed by atoms with van der Waals surface area (Å²) >= 11 is 0. The molecule has 0 radical (unpaired) electrons. The van der Waals surface area contributed by atoms with E-state index in [1.54, 1.807) is 24.3 Å². The van der Waals surface area contributed by atoms with E-state index < -0.39 is 11.4 Å². The highest BCUT2D eigenvalue weighted by Gasteiger charge is 2.42. The first-order valence-corrected chi connectivity index (χ1v) is 8.28. The normalized spacial score (nSPS) is 15.8. The second-order valence-electron chi connectivity index (χ2n) is 6.38. The number of carboxylic acids is 1. The van der Waals surface area contributed by atoms with Crippen LogP contribution < -0.4 is 5.32 Å². The average molecular weight is 323 g/mol. The summed E-state index contributed by atoms with van der Waals surface area (Å²) < 4.78 is 0. The molecule has 2 N–H and O–H groups in total. The molecule has 0 spiro atoms. The number of carbonyl (C=O) groups is 2. The number of hydrogen-bond donors (Lipinski definition) is 2. The molecule has 24 heavy (non-hydrogen) atoms. The minimum absolute atomic E-state index is 0.00123. The van der Waals surface area contributed by atoms with Crippen molar-refractivity contribution < 1.29 is 14.7 Å². The lowest BCUT2D eigenvalue weighted by Crippen LogP contribution is -2.37. The number of carboxylic acid groups (broad SMARTS) is 1. The fourth-order valence-corrected chi connectivity index (χ4v) is 3.57. The highest BCUT2D eigenvalue weighted by molar-refractivity contribution is 5.99. The van der Waals surface area contributed by atoms with Gasteiger partial charge in [0.25, 0.3) is 0 Å². The van der Waals surface area contributed by atoms with Crippen molar-refractivity contribution in [3.8, 4) is 0 Å². The Labute approximate surface area is 141 Å². The van der Waals surface area contributed by atoms with E-state index in [4.69, 9.17) is 5.11 Å². The van der Waals surface area contributed by atoms with E-state index in [2.05, 4.69) is 5.32 Å². The van der Waals surface area contributed by atoms with Gasteiger partial charge in [-0.2, -0.15) is 0 Å². The number of benzene rings is 2. The summed E-state index contributed by atoms with van der Waals surface area (Å²) in [6.45, 7) is 0. The standard InChI is InChI=1S/C20H21NO3/c22-18(23)14-15-7-6-10-17(13-15)21-19(24)20(11-4-5-12-20)16-8-2-1-3-9-16/h1-3,6-10,13H,4-5,11-12,14H2,(H,21,24)(H,22,23). The first-order chi connectivity index (χ1) is 11.6. The van der Waals surface area contributed by atoms with Gasteiger partial charge in [-0.15, -0.1) is 0 Å². The van der Waals surface area contributed by atoms with Gasteiger partial charge in [0.1, 0.15) is 0 Å². The smallest absolute Gasteiger partial charge is 0.307 e. The van der Waals surface area contributed by atoms with Crippen molar-refractivity contribution >= 4 is 17.6 Å². The van der Waals surface area contributed by atoms with Crippen LogP contribution in [0.1, 0.15) is 36.8 Å². The Morgan fingerprint density at radius 1 is 1.00 bits per heavy atom. The number of rotatable bonds is 5. The van der Waals surface area contributed by atoms with Gasteiger partial charge in [0, 0.05) is 5.69 Å². The number of amides is 1. The Morgan fingerprint density at radius 3 is 2.38 bits per heavy atom. The second kappa shape index (κ2) is 6.87. The molecular weight excluding hydrogens is 302 g/mol. The van der Waals surface area contributed by atoms with Gasteiger partial charge in [0.15, 0.2) is 0 Å². The van der Waals surface area contributed by atoms with Crippen LogP contribution in [0.15, 0.2) is 54.6 Å². The Morgan fingerprint density at radius 2 is 1.71 bits per heavy atom. The third-order valence-electron chi connectivity index (χ3n) is 4.76. The molecular formula is C20H21NO3. The van der Waals surface area contributed by atoms with Gasteiger partial charge < -0.3 is 10.4 Å². The Hall–Kier alpha value is -2.62. The minimum Gasteiger partial charge on any atom is -0.481 e. The van der Waals surface area contributed by atoms with E-state index in [9.17, 15) is 9.59 Å². The predicted octanol–water partition coefficient (Wildman–Crippen LogP) is 3.76. The zero-order valence-electron chi connectivity index (χ0n) is 13.5. The minimum atomic E-state index is -0.880. The monoisotopic (exact) mass is 323 g/mol. The summed E-state index contributed by atoms with van der Waals surface area (Å²) in [5, 5.41) is 11.9. The molecule has 2 aromatic carbocycles. The second-order valence-corrected chi connectivity index (χ2v) is 6.38. The van der Waals surface area contributed by atoms with Gasteiger partial charge in [0.2, 0.25) is 5.91 Å². The number of hydrogen-bond acceptors (Lipinski definition) is 2. The molecule has 3 rings (SSSR count). The predicted molar refractivity (Wildman–Crippen MR) is 93.0 cm³/mol. The third-order valence-corrected chi connectivity index (χ3v) is 4.76. The van der Waals surface area contributed by atoms with E-state index in [0.717, 1.165) is 31.2 Å². The zero-order valence-corrected chi connectivity index (χ0v) is 13.5. The van der Waals surface area contributed by atoms with Gasteiger partial charge in [-0.25, -0.2) is 0 Å². The number of anilines is 1. The fourth-order valence-electron chi connectivity index (χ4n) is 3.57. The molecule has 0 heterocycles. The molecule has 1 fully saturated rings. The quantitative estimate of drug-likeness (QED) is 0.880. The van der Waals surface area contributed by atoms with Crippen molar-refractivity contribution in [2.45, 2.75) is 37.5 Å². The molecule has 1 amide bonds. The topological polar surface area (TPSA) is 66.4 Å². The van der Waals surface area contributed by atoms with Crippen molar-refractivity contribution in [2.75, 3.05) is 5.32 Å². The number of nitrogens with one attached hydrogen (secondary N) is 1. The maximum Gasteiger partial charge on any atom is 0.307 e. The summed E-state index contributed by atoms with van der Waals surface area (Å²) in [6.07, 6.45) is 3.73. The van der Waals surface area contributed by atoms with Gasteiger partial charge in [0.05, 0.1) is 11.8 Å². The largest absolute Gasteiger partial charge is 0.481 e. The zero-order chi connectivity index (χ0) is 17.0. The lowest BCUT2D eigenvalue weighted by atomic mass is 9.78. The van der Waals surface area contributed by atoms with Crippen molar-refractivity contribution in [2.24, 2.45) is 0 Å². The maximum absolute atomic E-state index is 13.0. The molecule has 0 bridgehead atoms. The van der Waals surface area contributed by atoms with E-state index in [1.807, 2.05) is 30.3 Å². The molecule has 1 aliphatic carbocycles. The third kappa shape index (κ3) is 3.32. The van der Waals surface area contributed by atoms with E-state index in [1.165, 1.54) is 0 Å². The molecule has 0 atom stereocenters. The lowest BCUT2D eigenvalue weighted by Gasteiger charge is -2.28. The van der Waals surface area contributed by atoms with E-state index in [0.29, 0.717) is 11.3 Å². The van der Waals surface area contributed by atoms with Crippen LogP contribution in [0, 0.1) is 0 Å². The molecule has 0 saturated heterocycles. The van der Waals surface area contributed by atoms with E-state index >= 15 is 0 Å². The molecule has 124 valence electrons. The van der Waals surface area contributed by atoms with Crippen LogP contribution in [-0.4, -0.2) is 17.0 Å². The maximum atomic E-state index is 13.0. The molecule has 0 unspecified atom stereocenters. The first-order valence-electron chi connectivity index (χ1n) is 8.28. The molecule has 0 aliphatic heterocycles. The number of carbonyl (C=O) groups excluding carboxylic acids is 1. The van der Waals surface area contributed by atoms with Crippen molar-refractivity contribution in [3.05, 3.63) is 65.7 Å². The van der Waals surface area contributed by atoms with Gasteiger partial charge in [-0.05, 0) is 36.1 Å². The summed E-state index contributed by atoms with van der Waals surface area (Å²) in [4.78, 5) is 23.9. The first kappa shape index (κ1) is 16.2. The van der Waals surface area contributed by atoms with Crippen LogP contribution in [0.2, 0.25) is 0 Å². The summed E-state index contributed by atoms with van der Waals surface area (Å²) in [7, 11) is 0. The fraction of sp³-hybridized carbons (Fsp3) is 0.300. The van der Waals surface area contributed by atoms with Crippen LogP contribution in [0.25, 0.3) is 0 Å². The summed E-state index contributed by atoms with van der Waals surface area (Å²) in [5.74, 6) is -0.881. The van der Waals surface area contributed by atoms with Gasteiger partial charge in [-0.3, -0.25) is 9.59 Å². The van der Waals surface area contributed by atoms with Crippen LogP contribution in [0.4, 0.5) is 5.69 Å². The van der Waals surface area contributed by atoms with Crippen LogP contribution in [0.3, 0.4) is 0 Å². The summed E-state index contributed by atoms with van der Waals surface area (Å²) in [5.41, 5.74) is 1.91. The Bertz CT molecular complexity index is 734. The van der Waals surface area contributed by atoms with Crippen molar-refractivity contribution in [1.29, 1.82) is 0 Å². The highest BCUT2D eigenvalue weighted by atomic mass is 16.4. The van der Waals surface area contributed by atoms with Gasteiger partial charge >= 0.3 is 5.97 Å². The highest BCUT2D eigenvalue weighted by Crippen LogP contribution is 2.42. The lowest BCUT2D eigenvalue weighted by molar-refractivity contribution is -0.136. The number of aliphatic carboxylic acids is 1. The SMILES string of the molecule is O=C(O)Cc1cccc(NC(=O)C2(c3ccccc3)CCCC2)c1. The van der Waals surface area contributed by atoms with Crippen molar-refractivity contribution in [3.63, 3.8) is 0 Å². The van der Waals surface area contributed by atoms with Gasteiger partial charge in [-0.1, -0.05) is 55.3 Å². The van der Waals surface area contributed by atoms with Crippen LogP contribution in [-0.2, 0) is 21.4 Å². The summed E-state index contributed by atoms with van der Waals surface area (Å²) in [6, 6.07) is 17.0. The van der Waals surface area contributed by atoms with Crippen LogP contribution >= 0.6 is 0 Å². The molecule has 2 aromatic rings. The Balaban J connectivity index is 1.84. The molecule has 1 saturated carbocycles. The molecule has 1 aliphatic rings. The van der Waals surface area contributed by atoms with Crippen molar-refractivity contribution in [1.82, 2.24) is 0 Å². The molecule has 4 heteroatoms. The average Bonchev–Trinajstić information content (AvgIpc) is 3.06. The molecule has 0 aromatic heterocycles. The Kier molecular flexibility index (Phi) is 4.65.